The van der Waals surface area contributed by atoms with E-state index in [1.807, 2.05) is 30.3 Å². The second-order valence-corrected chi connectivity index (χ2v) is 7.49. The highest BCUT2D eigenvalue weighted by Crippen LogP contribution is 2.35. The van der Waals surface area contributed by atoms with Gasteiger partial charge in [0.25, 0.3) is 0 Å². The van der Waals surface area contributed by atoms with Crippen LogP contribution in [0, 0.1) is 3.57 Å². The first-order valence-electron chi connectivity index (χ1n) is 8.14. The molecular formula is C20H18INO. The van der Waals surface area contributed by atoms with Gasteiger partial charge in [-0.05, 0) is 53.6 Å². The largest absolute Gasteiger partial charge is 0.344 e. The number of carbonyl (C=O) groups excluding carboxylic acids is 1. The number of rotatable bonds is 3. The van der Waals surface area contributed by atoms with Crippen LogP contribution in [0.5, 0.6) is 0 Å². The van der Waals surface area contributed by atoms with Crippen LogP contribution >= 0.6 is 22.6 Å². The molecule has 4 rings (SSSR count). The quantitative estimate of drug-likeness (QED) is 0.404. The predicted molar refractivity (Wildman–Crippen MR) is 102 cm³/mol. The zero-order chi connectivity index (χ0) is 15.8. The van der Waals surface area contributed by atoms with E-state index in [2.05, 4.69) is 51.6 Å². The third-order valence-corrected chi connectivity index (χ3v) is 5.46. The van der Waals surface area contributed by atoms with Gasteiger partial charge in [-0.15, -0.1) is 0 Å². The molecule has 3 aromatic rings. The summed E-state index contributed by atoms with van der Waals surface area (Å²) in [5, 5.41) is 1.07. The van der Waals surface area contributed by atoms with Crippen molar-refractivity contribution in [2.45, 2.75) is 31.7 Å². The molecule has 0 N–H and O–H groups in total. The molecule has 1 saturated carbocycles. The average Bonchev–Trinajstić information content (AvgIpc) is 3.21. The number of benzene rings is 2. The summed E-state index contributed by atoms with van der Waals surface area (Å²) < 4.78 is 3.43. The van der Waals surface area contributed by atoms with Crippen molar-refractivity contribution in [3.63, 3.8) is 0 Å². The Balaban J connectivity index is 1.85. The summed E-state index contributed by atoms with van der Waals surface area (Å²) in [7, 11) is 0. The van der Waals surface area contributed by atoms with Crippen molar-refractivity contribution in [2.75, 3.05) is 0 Å². The number of nitrogens with zero attached hydrogens (tertiary/aromatic N) is 1. The van der Waals surface area contributed by atoms with E-state index in [0.717, 1.165) is 20.1 Å². The molecule has 0 amide bonds. The van der Waals surface area contributed by atoms with Crippen molar-refractivity contribution in [1.29, 1.82) is 0 Å². The Bertz CT molecular complexity index is 874. The van der Waals surface area contributed by atoms with E-state index in [-0.39, 0.29) is 5.78 Å². The molecular weight excluding hydrogens is 397 g/mol. The lowest BCUT2D eigenvalue weighted by Crippen LogP contribution is -2.04. The lowest BCUT2D eigenvalue weighted by atomic mass is 10.0. The topological polar surface area (TPSA) is 22.0 Å². The van der Waals surface area contributed by atoms with Crippen LogP contribution in [0.1, 0.15) is 47.6 Å². The Hall–Kier alpha value is -1.62. The van der Waals surface area contributed by atoms with Gasteiger partial charge in [0.05, 0.1) is 0 Å². The van der Waals surface area contributed by atoms with Crippen molar-refractivity contribution < 1.29 is 4.79 Å². The van der Waals surface area contributed by atoms with Crippen LogP contribution in [-0.4, -0.2) is 10.4 Å². The molecule has 2 aromatic carbocycles. The summed E-state index contributed by atoms with van der Waals surface area (Å²) >= 11 is 2.25. The van der Waals surface area contributed by atoms with E-state index >= 15 is 0 Å². The monoisotopic (exact) mass is 415 g/mol. The van der Waals surface area contributed by atoms with Gasteiger partial charge in [-0.3, -0.25) is 4.79 Å². The van der Waals surface area contributed by atoms with E-state index in [9.17, 15) is 4.79 Å². The zero-order valence-corrected chi connectivity index (χ0v) is 15.0. The molecule has 0 spiro atoms. The molecule has 0 radical (unpaired) electrons. The van der Waals surface area contributed by atoms with Gasteiger partial charge in [0.1, 0.15) is 0 Å². The van der Waals surface area contributed by atoms with E-state index in [4.69, 9.17) is 0 Å². The van der Waals surface area contributed by atoms with Crippen molar-refractivity contribution in [3.8, 4) is 0 Å². The third-order valence-electron chi connectivity index (χ3n) is 4.79. The first-order valence-corrected chi connectivity index (χ1v) is 9.22. The number of para-hydroxylation sites is 1. The van der Waals surface area contributed by atoms with Gasteiger partial charge < -0.3 is 4.57 Å². The van der Waals surface area contributed by atoms with Gasteiger partial charge in [-0.1, -0.05) is 43.2 Å². The maximum Gasteiger partial charge on any atom is 0.195 e. The van der Waals surface area contributed by atoms with Gasteiger partial charge in [0.15, 0.2) is 5.78 Å². The van der Waals surface area contributed by atoms with Gasteiger partial charge in [0, 0.05) is 37.8 Å². The Labute approximate surface area is 149 Å². The molecule has 1 aliphatic rings. The zero-order valence-electron chi connectivity index (χ0n) is 12.8. The molecule has 116 valence electrons. The number of fused-ring (bicyclic) bond motifs is 1. The Kier molecular flexibility index (Phi) is 3.97. The smallest absolute Gasteiger partial charge is 0.195 e. The highest BCUT2D eigenvalue weighted by atomic mass is 127. The van der Waals surface area contributed by atoms with Gasteiger partial charge in [0.2, 0.25) is 0 Å². The molecule has 3 heteroatoms. The molecule has 1 fully saturated rings. The molecule has 23 heavy (non-hydrogen) atoms. The molecule has 1 heterocycles. The minimum atomic E-state index is 0.122. The number of ketones is 1. The number of halogens is 1. The average molecular weight is 415 g/mol. The minimum Gasteiger partial charge on any atom is -0.344 e. The number of aromatic nitrogens is 1. The summed E-state index contributed by atoms with van der Waals surface area (Å²) in [6.45, 7) is 0. The summed E-state index contributed by atoms with van der Waals surface area (Å²) in [6, 6.07) is 16.7. The van der Waals surface area contributed by atoms with Gasteiger partial charge >= 0.3 is 0 Å². The minimum absolute atomic E-state index is 0.122. The van der Waals surface area contributed by atoms with Crippen molar-refractivity contribution >= 4 is 39.3 Å². The summed E-state index contributed by atoms with van der Waals surface area (Å²) in [6.07, 6.45) is 7.10. The molecule has 1 aliphatic carbocycles. The van der Waals surface area contributed by atoms with Crippen LogP contribution in [0.25, 0.3) is 10.9 Å². The van der Waals surface area contributed by atoms with Crippen LogP contribution in [-0.2, 0) is 0 Å². The van der Waals surface area contributed by atoms with E-state index in [1.165, 1.54) is 31.2 Å². The summed E-state index contributed by atoms with van der Waals surface area (Å²) in [5.41, 5.74) is 2.79. The van der Waals surface area contributed by atoms with Gasteiger partial charge in [-0.2, -0.15) is 0 Å². The van der Waals surface area contributed by atoms with Gasteiger partial charge in [-0.25, -0.2) is 0 Å². The normalized spacial score (nSPS) is 15.3. The standard InChI is InChI=1S/C20H18INO/c21-15-7-5-6-14(12-15)20(23)18-13-22(16-8-1-2-9-16)19-11-4-3-10-17(18)19/h3-7,10-13,16H,1-2,8-9H2. The first kappa shape index (κ1) is 14.9. The van der Waals surface area contributed by atoms with E-state index < -0.39 is 0 Å². The van der Waals surface area contributed by atoms with Crippen LogP contribution in [0.15, 0.2) is 54.7 Å². The Morgan fingerprint density at radius 1 is 1.04 bits per heavy atom. The van der Waals surface area contributed by atoms with Crippen LogP contribution in [0.4, 0.5) is 0 Å². The second kappa shape index (κ2) is 6.11. The highest BCUT2D eigenvalue weighted by Gasteiger charge is 2.22. The number of hydrogen-bond acceptors (Lipinski definition) is 1. The molecule has 0 unspecified atom stereocenters. The SMILES string of the molecule is O=C(c1cccc(I)c1)c1cn(C2CCCC2)c2ccccc12. The molecule has 1 aromatic heterocycles. The number of hydrogen-bond donors (Lipinski definition) is 0. The molecule has 0 bridgehead atoms. The molecule has 0 aliphatic heterocycles. The first-order chi connectivity index (χ1) is 11.2. The maximum atomic E-state index is 13.0. The van der Waals surface area contributed by atoms with E-state index in [0.29, 0.717) is 6.04 Å². The lowest BCUT2D eigenvalue weighted by Gasteiger charge is -2.12. The predicted octanol–water partition coefficient (Wildman–Crippen LogP) is 5.59. The number of carbonyl (C=O) groups is 1. The van der Waals surface area contributed by atoms with Crippen LogP contribution in [0.2, 0.25) is 0 Å². The summed E-state index contributed by atoms with van der Waals surface area (Å²) in [5.74, 6) is 0.122. The van der Waals surface area contributed by atoms with E-state index in [1.54, 1.807) is 0 Å². The Morgan fingerprint density at radius 3 is 2.61 bits per heavy atom. The second-order valence-electron chi connectivity index (χ2n) is 6.24. The van der Waals surface area contributed by atoms with Crippen molar-refractivity contribution in [3.05, 3.63) is 69.4 Å². The lowest BCUT2D eigenvalue weighted by molar-refractivity contribution is 0.104. The molecule has 0 atom stereocenters. The van der Waals surface area contributed by atoms with Crippen LogP contribution < -0.4 is 0 Å². The fraction of sp³-hybridized carbons (Fsp3) is 0.250. The maximum absolute atomic E-state index is 13.0. The van der Waals surface area contributed by atoms with Crippen LogP contribution in [0.3, 0.4) is 0 Å². The Morgan fingerprint density at radius 2 is 1.83 bits per heavy atom. The van der Waals surface area contributed by atoms with Crippen molar-refractivity contribution in [2.24, 2.45) is 0 Å². The highest BCUT2D eigenvalue weighted by molar-refractivity contribution is 14.1. The third kappa shape index (κ3) is 2.71. The fourth-order valence-corrected chi connectivity index (χ4v) is 4.20. The summed E-state index contributed by atoms with van der Waals surface area (Å²) in [4.78, 5) is 13.0. The van der Waals surface area contributed by atoms with Crippen molar-refractivity contribution in [1.82, 2.24) is 4.57 Å². The fourth-order valence-electron chi connectivity index (χ4n) is 3.66. The molecule has 0 saturated heterocycles. The molecule has 2 nitrogen and oxygen atoms in total.